The highest BCUT2D eigenvalue weighted by atomic mass is 79.9. The summed E-state index contributed by atoms with van der Waals surface area (Å²) in [6.45, 7) is 0.997. The van der Waals surface area contributed by atoms with E-state index in [-0.39, 0.29) is 12.2 Å². The molecule has 6 heteroatoms. The Bertz CT molecular complexity index is 435. The minimum absolute atomic E-state index is 0.187. The molecule has 1 aliphatic rings. The molecule has 5 nitrogen and oxygen atoms in total. The molecule has 0 aromatic carbocycles. The Morgan fingerprint density at radius 2 is 2.29 bits per heavy atom. The quantitative estimate of drug-likeness (QED) is 0.784. The predicted molar refractivity (Wildman–Crippen MR) is 69.0 cm³/mol. The number of nitrogens with zero attached hydrogens (tertiary/aromatic N) is 1. The maximum absolute atomic E-state index is 11.3. The number of aliphatic hydroxyl groups excluding tert-OH is 1. The highest BCUT2D eigenvalue weighted by molar-refractivity contribution is 9.10. The largest absolute Gasteiger partial charge is 0.396 e. The van der Waals surface area contributed by atoms with Crippen molar-refractivity contribution in [3.05, 3.63) is 21.2 Å². The zero-order valence-corrected chi connectivity index (χ0v) is 11.0. The van der Waals surface area contributed by atoms with Gasteiger partial charge in [-0.2, -0.15) is 0 Å². The number of hydrogen-bond acceptors (Lipinski definition) is 4. The van der Waals surface area contributed by atoms with E-state index in [9.17, 15) is 9.90 Å². The van der Waals surface area contributed by atoms with Gasteiger partial charge < -0.3 is 15.4 Å². The van der Waals surface area contributed by atoms with Crippen LogP contribution >= 0.6 is 15.9 Å². The third-order valence-electron chi connectivity index (χ3n) is 3.38. The van der Waals surface area contributed by atoms with E-state index in [4.69, 9.17) is 0 Å². The molecule has 0 amide bonds. The fourth-order valence-electron chi connectivity index (χ4n) is 2.36. The predicted octanol–water partition coefficient (Wildman–Crippen LogP) is 1.35. The van der Waals surface area contributed by atoms with Gasteiger partial charge in [0.1, 0.15) is 10.3 Å². The lowest BCUT2D eigenvalue weighted by Gasteiger charge is -2.18. The highest BCUT2D eigenvalue weighted by Gasteiger charge is 2.26. The fraction of sp³-hybridized carbons (Fsp3) is 0.636. The Hall–Kier alpha value is -0.880. The van der Waals surface area contributed by atoms with Gasteiger partial charge in [-0.15, -0.1) is 0 Å². The van der Waals surface area contributed by atoms with Crippen molar-refractivity contribution in [3.63, 3.8) is 0 Å². The minimum Gasteiger partial charge on any atom is -0.396 e. The molecule has 3 N–H and O–H groups in total. The molecule has 1 aromatic heterocycles. The maximum atomic E-state index is 11.3. The van der Waals surface area contributed by atoms with Crippen molar-refractivity contribution in [1.82, 2.24) is 9.97 Å². The number of rotatable bonds is 4. The smallest absolute Gasteiger partial charge is 0.267 e. The van der Waals surface area contributed by atoms with Crippen LogP contribution < -0.4 is 10.9 Å². The molecule has 1 heterocycles. The van der Waals surface area contributed by atoms with E-state index in [1.54, 1.807) is 0 Å². The summed E-state index contributed by atoms with van der Waals surface area (Å²) >= 11 is 3.20. The van der Waals surface area contributed by atoms with E-state index < -0.39 is 0 Å². The van der Waals surface area contributed by atoms with Gasteiger partial charge in [0, 0.05) is 13.2 Å². The third kappa shape index (κ3) is 2.87. The first-order chi connectivity index (χ1) is 8.22. The van der Waals surface area contributed by atoms with E-state index in [1.165, 1.54) is 12.7 Å². The van der Waals surface area contributed by atoms with Crippen molar-refractivity contribution in [2.75, 3.05) is 18.5 Å². The maximum Gasteiger partial charge on any atom is 0.267 e. The lowest BCUT2D eigenvalue weighted by molar-refractivity contribution is 0.199. The number of aromatic amines is 1. The Morgan fingerprint density at radius 3 is 3.06 bits per heavy atom. The first-order valence-electron chi connectivity index (χ1n) is 5.80. The molecule has 1 saturated carbocycles. The van der Waals surface area contributed by atoms with Gasteiger partial charge in [0.05, 0.1) is 6.33 Å². The lowest BCUT2D eigenvalue weighted by Crippen LogP contribution is -2.22. The normalized spacial score (nSPS) is 23.9. The van der Waals surface area contributed by atoms with Crippen molar-refractivity contribution >= 4 is 21.7 Å². The average Bonchev–Trinajstić information content (AvgIpc) is 2.78. The third-order valence-corrected chi connectivity index (χ3v) is 4.11. The van der Waals surface area contributed by atoms with Crippen molar-refractivity contribution < 1.29 is 5.11 Å². The fourth-order valence-corrected chi connectivity index (χ4v) is 2.71. The zero-order chi connectivity index (χ0) is 12.3. The van der Waals surface area contributed by atoms with E-state index in [1.807, 2.05) is 0 Å². The van der Waals surface area contributed by atoms with Gasteiger partial charge in [-0.25, -0.2) is 4.98 Å². The molecule has 1 fully saturated rings. The number of aliphatic hydroxyl groups is 1. The molecule has 0 aliphatic heterocycles. The summed E-state index contributed by atoms with van der Waals surface area (Å²) in [5, 5.41) is 12.4. The van der Waals surface area contributed by atoms with Gasteiger partial charge in [0.15, 0.2) is 0 Å². The Kier molecular flexibility index (Phi) is 4.17. The number of hydrogen-bond donors (Lipinski definition) is 3. The highest BCUT2D eigenvalue weighted by Crippen LogP contribution is 2.31. The van der Waals surface area contributed by atoms with Crippen LogP contribution in [0.3, 0.4) is 0 Å². The number of anilines is 1. The van der Waals surface area contributed by atoms with Gasteiger partial charge in [-0.3, -0.25) is 4.79 Å². The summed E-state index contributed by atoms with van der Waals surface area (Å²) < 4.78 is 0.429. The summed E-state index contributed by atoms with van der Waals surface area (Å²) in [6.07, 6.45) is 4.76. The Labute approximate surface area is 108 Å². The van der Waals surface area contributed by atoms with E-state index in [2.05, 4.69) is 31.2 Å². The van der Waals surface area contributed by atoms with Crippen LogP contribution in [0, 0.1) is 11.8 Å². The van der Waals surface area contributed by atoms with Crippen LogP contribution in [0.15, 0.2) is 15.6 Å². The minimum atomic E-state index is -0.187. The monoisotopic (exact) mass is 301 g/mol. The zero-order valence-electron chi connectivity index (χ0n) is 9.45. The van der Waals surface area contributed by atoms with E-state index in [0.717, 1.165) is 19.4 Å². The standard InChI is InChI=1S/C11H16BrN3O2/c12-9-10(14-6-15-11(9)17)13-4-7-2-1-3-8(7)5-16/h6-8,16H,1-5H2,(H2,13,14,15,17). The second kappa shape index (κ2) is 5.64. The molecule has 94 valence electrons. The average molecular weight is 302 g/mol. The van der Waals surface area contributed by atoms with Crippen molar-refractivity contribution in [1.29, 1.82) is 0 Å². The van der Waals surface area contributed by atoms with Crippen LogP contribution in [0.1, 0.15) is 19.3 Å². The van der Waals surface area contributed by atoms with Crippen LogP contribution in [0.2, 0.25) is 0 Å². The molecule has 0 bridgehead atoms. The molecule has 0 spiro atoms. The van der Waals surface area contributed by atoms with Gasteiger partial charge in [0.25, 0.3) is 5.56 Å². The number of H-pyrrole nitrogens is 1. The molecular weight excluding hydrogens is 286 g/mol. The van der Waals surface area contributed by atoms with E-state index in [0.29, 0.717) is 22.1 Å². The van der Waals surface area contributed by atoms with Crippen molar-refractivity contribution in [2.24, 2.45) is 11.8 Å². The Morgan fingerprint density at radius 1 is 1.53 bits per heavy atom. The number of halogens is 1. The topological polar surface area (TPSA) is 78.0 Å². The van der Waals surface area contributed by atoms with Gasteiger partial charge in [-0.05, 0) is 40.6 Å². The van der Waals surface area contributed by atoms with E-state index >= 15 is 0 Å². The summed E-state index contributed by atoms with van der Waals surface area (Å²) in [5.74, 6) is 1.41. The SMILES string of the molecule is O=c1[nH]cnc(NCC2CCCC2CO)c1Br. The lowest BCUT2D eigenvalue weighted by atomic mass is 9.97. The number of aromatic nitrogens is 2. The van der Waals surface area contributed by atoms with Crippen molar-refractivity contribution in [2.45, 2.75) is 19.3 Å². The molecular formula is C11H16BrN3O2. The Balaban J connectivity index is 1.98. The molecule has 0 radical (unpaired) electrons. The molecule has 1 aromatic rings. The van der Waals surface area contributed by atoms with Crippen LogP contribution in [0.5, 0.6) is 0 Å². The van der Waals surface area contributed by atoms with Gasteiger partial charge in [0.2, 0.25) is 0 Å². The molecule has 1 aliphatic carbocycles. The second-order valence-electron chi connectivity index (χ2n) is 4.41. The summed E-state index contributed by atoms with van der Waals surface area (Å²) in [7, 11) is 0. The van der Waals surface area contributed by atoms with Crippen LogP contribution in [-0.4, -0.2) is 28.2 Å². The second-order valence-corrected chi connectivity index (χ2v) is 5.20. The van der Waals surface area contributed by atoms with Crippen LogP contribution in [0.4, 0.5) is 5.82 Å². The van der Waals surface area contributed by atoms with Crippen LogP contribution in [0.25, 0.3) is 0 Å². The van der Waals surface area contributed by atoms with Gasteiger partial charge >= 0.3 is 0 Å². The van der Waals surface area contributed by atoms with Crippen LogP contribution in [-0.2, 0) is 0 Å². The molecule has 2 atom stereocenters. The first-order valence-corrected chi connectivity index (χ1v) is 6.59. The molecule has 17 heavy (non-hydrogen) atoms. The molecule has 2 unspecified atom stereocenters. The summed E-state index contributed by atoms with van der Waals surface area (Å²) in [5.41, 5.74) is -0.187. The van der Waals surface area contributed by atoms with Gasteiger partial charge in [-0.1, -0.05) is 6.42 Å². The van der Waals surface area contributed by atoms with Crippen molar-refractivity contribution in [3.8, 4) is 0 Å². The summed E-state index contributed by atoms with van der Waals surface area (Å²) in [4.78, 5) is 17.9. The first kappa shape index (κ1) is 12.6. The molecule has 0 saturated heterocycles. The summed E-state index contributed by atoms with van der Waals surface area (Å²) in [6, 6.07) is 0. The molecule has 2 rings (SSSR count). The number of nitrogens with one attached hydrogen (secondary N) is 2.